The first-order chi connectivity index (χ1) is 23.2. The fourth-order valence-corrected chi connectivity index (χ4v) is 5.53. The molecule has 0 radical (unpaired) electrons. The van der Waals surface area contributed by atoms with Crippen LogP contribution in [0.3, 0.4) is 0 Å². The first kappa shape index (κ1) is 34.7. The first-order valence-electron chi connectivity index (χ1n) is 16.2. The molecule has 2 amide bonds. The first-order valence-corrected chi connectivity index (χ1v) is 16.2. The summed E-state index contributed by atoms with van der Waals surface area (Å²) in [6.07, 6.45) is 0. The van der Waals surface area contributed by atoms with Gasteiger partial charge in [-0.1, -0.05) is 12.1 Å². The Kier molecular flexibility index (Phi) is 11.6. The van der Waals surface area contributed by atoms with Crippen LogP contribution < -0.4 is 20.4 Å². The Labute approximate surface area is 282 Å². The van der Waals surface area contributed by atoms with Crippen LogP contribution >= 0.6 is 0 Å². The van der Waals surface area contributed by atoms with Gasteiger partial charge in [0.15, 0.2) is 0 Å². The molecule has 10 nitrogen and oxygen atoms in total. The number of benzene rings is 4. The third-order valence-electron chi connectivity index (χ3n) is 8.33. The molecule has 6 rings (SSSR count). The molecular weight excluding hydrogens is 610 g/mol. The summed E-state index contributed by atoms with van der Waals surface area (Å²) < 4.78 is 22.0. The number of nitrogens with zero attached hydrogens (tertiary/aromatic N) is 2. The van der Waals surface area contributed by atoms with E-state index in [1.807, 2.05) is 39.8 Å². The molecule has 0 bridgehead atoms. The van der Waals surface area contributed by atoms with Crippen LogP contribution in [-0.2, 0) is 22.5 Å². The number of carbonyl (C=O) groups excluding carboxylic acids is 2. The quantitative estimate of drug-likeness (QED) is 0.244. The highest BCUT2D eigenvalue weighted by Crippen LogP contribution is 2.26. The van der Waals surface area contributed by atoms with Crippen molar-refractivity contribution in [3.8, 4) is 23.0 Å². The van der Waals surface area contributed by atoms with Gasteiger partial charge in [0.1, 0.15) is 23.0 Å². The molecule has 2 aliphatic rings. The number of rotatable bonds is 10. The maximum Gasteiger partial charge on any atom is 0.491 e. The predicted octanol–water partition coefficient (Wildman–Crippen LogP) is 4.36. The summed E-state index contributed by atoms with van der Waals surface area (Å²) in [5.41, 5.74) is 4.71. The van der Waals surface area contributed by atoms with Crippen LogP contribution in [0.2, 0.25) is 0 Å². The molecule has 0 aromatic heterocycles. The van der Waals surface area contributed by atoms with Gasteiger partial charge in [-0.2, -0.15) is 0 Å². The summed E-state index contributed by atoms with van der Waals surface area (Å²) in [5, 5.41) is 19.3. The Balaban J connectivity index is 0.000000188. The molecule has 2 aliphatic heterocycles. The van der Waals surface area contributed by atoms with Crippen LogP contribution in [0, 0.1) is 0 Å². The maximum absolute atomic E-state index is 12.3. The molecule has 0 saturated heterocycles. The van der Waals surface area contributed by atoms with E-state index >= 15 is 0 Å². The largest absolute Gasteiger partial charge is 0.491 e. The van der Waals surface area contributed by atoms with Gasteiger partial charge in [0, 0.05) is 37.3 Å². The lowest BCUT2D eigenvalue weighted by Gasteiger charge is -2.18. The Morgan fingerprint density at radius 3 is 1.25 bits per heavy atom. The zero-order valence-electron chi connectivity index (χ0n) is 27.7. The van der Waals surface area contributed by atoms with Gasteiger partial charge in [-0.3, -0.25) is 9.59 Å². The minimum Gasteiger partial charge on any atom is -0.457 e. The van der Waals surface area contributed by atoms with Crippen molar-refractivity contribution < 1.29 is 38.4 Å². The molecule has 2 N–H and O–H groups in total. The zero-order valence-corrected chi connectivity index (χ0v) is 27.7. The van der Waals surface area contributed by atoms with Gasteiger partial charge in [-0.25, -0.2) is 0 Å². The van der Waals surface area contributed by atoms with Gasteiger partial charge in [0.05, 0.1) is 13.2 Å². The molecule has 4 aromatic rings. The van der Waals surface area contributed by atoms with Gasteiger partial charge in [0.25, 0.3) is 11.8 Å². The monoisotopic (exact) mass is 650 g/mol. The van der Waals surface area contributed by atoms with E-state index in [0.717, 1.165) is 22.1 Å². The molecule has 0 aliphatic carbocycles. The van der Waals surface area contributed by atoms with Crippen LogP contribution in [0.25, 0.3) is 0 Å². The molecule has 0 saturated carbocycles. The van der Waals surface area contributed by atoms with Crippen molar-refractivity contribution in [2.24, 2.45) is 0 Å². The van der Waals surface area contributed by atoms with E-state index < -0.39 is 14.2 Å². The number of carbonyl (C=O) groups is 2. The molecule has 2 heterocycles. The van der Waals surface area contributed by atoms with Crippen molar-refractivity contribution in [3.05, 3.63) is 107 Å². The second-order valence-electron chi connectivity index (χ2n) is 11.3. The SMILES string of the molecule is CCN(CC)C(=O)c1ccc(Oc2ccc3c(c2)COB3O)cc1.CCN(CC)C(=O)c1ccc(Oc2ccc3c(c2)COB3O)cc1. The van der Waals surface area contributed by atoms with Gasteiger partial charge in [-0.05, 0) is 123 Å². The fraction of sp³-hybridized carbons (Fsp3) is 0.278. The highest BCUT2D eigenvalue weighted by molar-refractivity contribution is 6.62. The topological polar surface area (TPSA) is 118 Å². The highest BCUT2D eigenvalue weighted by atomic mass is 16.5. The van der Waals surface area contributed by atoms with Crippen molar-refractivity contribution in [1.29, 1.82) is 0 Å². The average Bonchev–Trinajstić information content (AvgIpc) is 3.67. The Morgan fingerprint density at radius 2 is 0.917 bits per heavy atom. The van der Waals surface area contributed by atoms with E-state index in [-0.39, 0.29) is 11.8 Å². The Bertz CT molecular complexity index is 1580. The molecule has 248 valence electrons. The molecule has 0 atom stereocenters. The molecule has 0 unspecified atom stereocenters. The number of ether oxygens (including phenoxy) is 2. The highest BCUT2D eigenvalue weighted by Gasteiger charge is 2.28. The summed E-state index contributed by atoms with van der Waals surface area (Å²) >= 11 is 0. The lowest BCUT2D eigenvalue weighted by atomic mass is 9.80. The zero-order chi connectivity index (χ0) is 34.2. The van der Waals surface area contributed by atoms with E-state index in [1.165, 1.54) is 0 Å². The molecule has 0 spiro atoms. The molecule has 48 heavy (non-hydrogen) atoms. The maximum atomic E-state index is 12.3. The van der Waals surface area contributed by atoms with E-state index in [0.29, 0.717) is 73.5 Å². The van der Waals surface area contributed by atoms with Crippen molar-refractivity contribution in [1.82, 2.24) is 9.80 Å². The van der Waals surface area contributed by atoms with Crippen LogP contribution in [-0.4, -0.2) is 72.1 Å². The number of hydrogen-bond acceptors (Lipinski definition) is 8. The number of amides is 2. The van der Waals surface area contributed by atoms with Crippen LogP contribution in [0.5, 0.6) is 23.0 Å². The van der Waals surface area contributed by atoms with Gasteiger partial charge >= 0.3 is 14.2 Å². The van der Waals surface area contributed by atoms with Crippen molar-refractivity contribution in [3.63, 3.8) is 0 Å². The van der Waals surface area contributed by atoms with Gasteiger partial charge in [-0.15, -0.1) is 0 Å². The fourth-order valence-electron chi connectivity index (χ4n) is 5.53. The van der Waals surface area contributed by atoms with Crippen molar-refractivity contribution in [2.45, 2.75) is 40.9 Å². The van der Waals surface area contributed by atoms with Crippen LogP contribution in [0.4, 0.5) is 0 Å². The standard InChI is InChI=1S/2C18H20BNO4/c2*1-3-20(4-2)18(21)13-5-7-15(8-6-13)24-16-9-10-17-14(11-16)12-23-19(17)22/h2*5-11,22H,3-4,12H2,1-2H3. The van der Waals surface area contributed by atoms with Gasteiger partial charge in [0.2, 0.25) is 0 Å². The summed E-state index contributed by atoms with van der Waals surface area (Å²) in [6, 6.07) is 25.2. The van der Waals surface area contributed by atoms with Crippen LogP contribution in [0.1, 0.15) is 59.5 Å². The summed E-state index contributed by atoms with van der Waals surface area (Å²) in [5.74, 6) is 2.71. The normalized spacial score (nSPS) is 12.9. The number of fused-ring (bicyclic) bond motifs is 2. The summed E-state index contributed by atoms with van der Waals surface area (Å²) in [7, 11) is -1.70. The minimum atomic E-state index is -0.848. The second kappa shape index (κ2) is 16.0. The third kappa shape index (κ3) is 8.08. The predicted molar refractivity (Wildman–Crippen MR) is 185 cm³/mol. The Hall–Kier alpha value is -4.61. The van der Waals surface area contributed by atoms with Crippen molar-refractivity contribution >= 4 is 37.0 Å². The summed E-state index contributed by atoms with van der Waals surface area (Å²) in [4.78, 5) is 28.1. The van der Waals surface area contributed by atoms with Gasteiger partial charge < -0.3 is 38.6 Å². The van der Waals surface area contributed by atoms with E-state index in [2.05, 4.69) is 0 Å². The molecule has 0 fully saturated rings. The van der Waals surface area contributed by atoms with E-state index in [1.54, 1.807) is 82.6 Å². The second-order valence-corrected chi connectivity index (χ2v) is 11.3. The average molecular weight is 650 g/mol. The van der Waals surface area contributed by atoms with Crippen molar-refractivity contribution in [2.75, 3.05) is 26.2 Å². The Morgan fingerprint density at radius 1 is 0.583 bits per heavy atom. The third-order valence-corrected chi connectivity index (χ3v) is 8.33. The lowest BCUT2D eigenvalue weighted by Crippen LogP contribution is -2.30. The molecular formula is C36H40B2N2O8. The van der Waals surface area contributed by atoms with E-state index in [9.17, 15) is 19.6 Å². The smallest absolute Gasteiger partial charge is 0.457 e. The minimum absolute atomic E-state index is 0.0233. The molecule has 12 heteroatoms. The number of hydrogen-bond donors (Lipinski definition) is 2. The van der Waals surface area contributed by atoms with Crippen LogP contribution in [0.15, 0.2) is 84.9 Å². The summed E-state index contributed by atoms with van der Waals surface area (Å²) in [6.45, 7) is 11.4. The van der Waals surface area contributed by atoms with E-state index in [4.69, 9.17) is 18.8 Å². The lowest BCUT2D eigenvalue weighted by molar-refractivity contribution is 0.0765. The molecule has 4 aromatic carbocycles.